The van der Waals surface area contributed by atoms with Gasteiger partial charge in [0, 0.05) is 35.8 Å². The van der Waals surface area contributed by atoms with Crippen LogP contribution < -0.4 is 10.2 Å². The minimum atomic E-state index is -0.531. The van der Waals surface area contributed by atoms with E-state index in [4.69, 9.17) is 20.8 Å². The van der Waals surface area contributed by atoms with Gasteiger partial charge in [-0.1, -0.05) is 11.6 Å². The predicted octanol–water partition coefficient (Wildman–Crippen LogP) is 5.72. The van der Waals surface area contributed by atoms with Gasteiger partial charge in [-0.3, -0.25) is 9.48 Å². The van der Waals surface area contributed by atoms with Crippen LogP contribution in [-0.4, -0.2) is 14.8 Å². The predicted molar refractivity (Wildman–Crippen MR) is 130 cm³/mol. The Morgan fingerprint density at radius 1 is 1.18 bits per heavy atom. The first kappa shape index (κ1) is 21.7. The monoisotopic (exact) mass is 470 g/mol. The lowest BCUT2D eigenvalue weighted by molar-refractivity contribution is 0.225. The van der Waals surface area contributed by atoms with Gasteiger partial charge in [-0.25, -0.2) is 4.98 Å². The number of nitriles is 1. The second-order valence-corrected chi connectivity index (χ2v) is 8.52. The third-order valence-electron chi connectivity index (χ3n) is 5.58. The number of pyridine rings is 1. The molecule has 0 amide bonds. The van der Waals surface area contributed by atoms with Crippen molar-refractivity contribution in [3.05, 3.63) is 86.9 Å². The van der Waals surface area contributed by atoms with Gasteiger partial charge in [0.05, 0.1) is 10.9 Å². The number of hydrogen-bond acceptors (Lipinski definition) is 6. The maximum atomic E-state index is 13.1. The average Bonchev–Trinajstić information content (AvgIpc) is 3.19. The molecule has 0 aliphatic heterocycles. The Hall–Kier alpha value is -4.15. The van der Waals surface area contributed by atoms with Gasteiger partial charge in [-0.15, -0.1) is 0 Å². The molecule has 0 N–H and O–H groups in total. The summed E-state index contributed by atoms with van der Waals surface area (Å²) in [6.07, 6.45) is 1.38. The molecule has 0 unspecified atom stereocenters. The highest BCUT2D eigenvalue weighted by molar-refractivity contribution is 6.29. The Morgan fingerprint density at radius 2 is 2.00 bits per heavy atom. The molecule has 1 atom stereocenters. The van der Waals surface area contributed by atoms with E-state index in [-0.39, 0.29) is 16.3 Å². The van der Waals surface area contributed by atoms with Crippen LogP contribution in [0.2, 0.25) is 5.15 Å². The fourth-order valence-corrected chi connectivity index (χ4v) is 4.18. The SMILES string of the molecule is Cc1cc([C@@H](C)Oc2ccc(Cl)nc2C#N)c2oc(-c3ccc4nn(C)cc4c3)cc(=O)c2c1. The van der Waals surface area contributed by atoms with Crippen molar-refractivity contribution < 1.29 is 9.15 Å². The lowest BCUT2D eigenvalue weighted by atomic mass is 10.0. The Kier molecular flexibility index (Phi) is 5.31. The maximum absolute atomic E-state index is 13.1. The van der Waals surface area contributed by atoms with Crippen molar-refractivity contribution in [1.82, 2.24) is 14.8 Å². The van der Waals surface area contributed by atoms with Gasteiger partial charge in [0.25, 0.3) is 0 Å². The molecular weight excluding hydrogens is 452 g/mol. The zero-order valence-electron chi connectivity index (χ0n) is 18.7. The standard InChI is InChI=1S/C26H19ClN4O3/c1-14-8-18(15(2)33-23-6-7-25(27)29-21(23)12-28)26-19(9-14)22(32)11-24(34-26)16-4-5-20-17(10-16)13-31(3)30-20/h4-11,13,15H,1-3H3/t15-/m1/s1. The third-order valence-corrected chi connectivity index (χ3v) is 5.79. The van der Waals surface area contributed by atoms with Crippen LogP contribution in [0.15, 0.2) is 63.9 Å². The molecule has 2 aromatic carbocycles. The summed E-state index contributed by atoms with van der Waals surface area (Å²) in [5.74, 6) is 0.751. The second kappa shape index (κ2) is 8.32. The summed E-state index contributed by atoms with van der Waals surface area (Å²) >= 11 is 5.91. The molecule has 8 heteroatoms. The molecule has 0 aliphatic carbocycles. The zero-order chi connectivity index (χ0) is 24.0. The third kappa shape index (κ3) is 3.89. The number of fused-ring (bicyclic) bond motifs is 2. The van der Waals surface area contributed by atoms with Gasteiger partial charge in [-0.2, -0.15) is 10.4 Å². The van der Waals surface area contributed by atoms with Crippen LogP contribution >= 0.6 is 11.6 Å². The molecule has 0 saturated carbocycles. The normalized spacial score (nSPS) is 12.1. The van der Waals surface area contributed by atoms with Crippen LogP contribution in [0.1, 0.15) is 29.8 Å². The smallest absolute Gasteiger partial charge is 0.193 e. The molecule has 0 spiro atoms. The number of rotatable bonds is 4. The van der Waals surface area contributed by atoms with E-state index in [1.165, 1.54) is 6.07 Å². The second-order valence-electron chi connectivity index (χ2n) is 8.13. The van der Waals surface area contributed by atoms with Crippen LogP contribution in [0.25, 0.3) is 33.2 Å². The van der Waals surface area contributed by atoms with E-state index in [0.717, 1.165) is 22.0 Å². The number of benzene rings is 2. The van der Waals surface area contributed by atoms with Crippen molar-refractivity contribution >= 4 is 33.5 Å². The van der Waals surface area contributed by atoms with Gasteiger partial charge in [0.2, 0.25) is 0 Å². The topological polar surface area (TPSA) is 93.9 Å². The molecule has 5 aromatic rings. The summed E-state index contributed by atoms with van der Waals surface area (Å²) < 4.78 is 14.1. The van der Waals surface area contributed by atoms with Crippen molar-refractivity contribution in [3.8, 4) is 23.1 Å². The number of ether oxygens (including phenoxy) is 1. The van der Waals surface area contributed by atoms with Crippen LogP contribution in [0, 0.1) is 18.3 Å². The van der Waals surface area contributed by atoms with Gasteiger partial charge in [0.15, 0.2) is 16.9 Å². The molecule has 0 fully saturated rings. The van der Waals surface area contributed by atoms with E-state index in [2.05, 4.69) is 10.1 Å². The van der Waals surface area contributed by atoms with Crippen LogP contribution in [0.3, 0.4) is 0 Å². The van der Waals surface area contributed by atoms with Crippen molar-refractivity contribution in [2.75, 3.05) is 0 Å². The molecule has 0 radical (unpaired) electrons. The Bertz CT molecular complexity index is 1680. The highest BCUT2D eigenvalue weighted by Crippen LogP contribution is 2.33. The van der Waals surface area contributed by atoms with Crippen molar-refractivity contribution in [3.63, 3.8) is 0 Å². The minimum absolute atomic E-state index is 0.0863. The molecule has 0 bridgehead atoms. The van der Waals surface area contributed by atoms with Crippen LogP contribution in [0.5, 0.6) is 5.75 Å². The van der Waals surface area contributed by atoms with E-state index in [0.29, 0.717) is 28.0 Å². The quantitative estimate of drug-likeness (QED) is 0.312. The maximum Gasteiger partial charge on any atom is 0.193 e. The number of halogens is 1. The molecule has 7 nitrogen and oxygen atoms in total. The number of hydrogen-bond donors (Lipinski definition) is 0. The van der Waals surface area contributed by atoms with E-state index in [1.54, 1.807) is 22.9 Å². The summed E-state index contributed by atoms with van der Waals surface area (Å²) in [6, 6.07) is 16.1. The van der Waals surface area contributed by atoms with E-state index in [1.807, 2.05) is 57.4 Å². The van der Waals surface area contributed by atoms with Crippen LogP contribution in [-0.2, 0) is 7.05 Å². The first-order valence-corrected chi connectivity index (χ1v) is 11.0. The van der Waals surface area contributed by atoms with Crippen molar-refractivity contribution in [2.24, 2.45) is 7.05 Å². The van der Waals surface area contributed by atoms with Gasteiger partial charge in [0.1, 0.15) is 28.7 Å². The largest absolute Gasteiger partial charge is 0.483 e. The van der Waals surface area contributed by atoms with Gasteiger partial charge >= 0.3 is 0 Å². The number of nitrogens with zero attached hydrogens (tertiary/aromatic N) is 4. The first-order chi connectivity index (χ1) is 16.3. The summed E-state index contributed by atoms with van der Waals surface area (Å²) in [5, 5.41) is 15.4. The molecule has 5 rings (SSSR count). The zero-order valence-corrected chi connectivity index (χ0v) is 19.4. The first-order valence-electron chi connectivity index (χ1n) is 10.6. The molecule has 0 aliphatic rings. The molecule has 3 aromatic heterocycles. The van der Waals surface area contributed by atoms with Crippen LogP contribution in [0.4, 0.5) is 0 Å². The minimum Gasteiger partial charge on any atom is -0.483 e. The van der Waals surface area contributed by atoms with E-state index < -0.39 is 6.10 Å². The molecule has 0 saturated heterocycles. The van der Waals surface area contributed by atoms with Crippen molar-refractivity contribution in [2.45, 2.75) is 20.0 Å². The summed E-state index contributed by atoms with van der Waals surface area (Å²) in [7, 11) is 1.86. The molecule has 34 heavy (non-hydrogen) atoms. The Morgan fingerprint density at radius 3 is 2.79 bits per heavy atom. The van der Waals surface area contributed by atoms with Crippen molar-refractivity contribution in [1.29, 1.82) is 5.26 Å². The molecule has 3 heterocycles. The van der Waals surface area contributed by atoms with E-state index >= 15 is 0 Å². The lowest BCUT2D eigenvalue weighted by Gasteiger charge is -2.18. The van der Waals surface area contributed by atoms with E-state index in [9.17, 15) is 10.1 Å². The fourth-order valence-electron chi connectivity index (χ4n) is 4.03. The number of aryl methyl sites for hydroxylation is 2. The Balaban J connectivity index is 1.63. The summed E-state index contributed by atoms with van der Waals surface area (Å²) in [4.78, 5) is 17.1. The van der Waals surface area contributed by atoms with Gasteiger partial charge < -0.3 is 9.15 Å². The lowest BCUT2D eigenvalue weighted by Crippen LogP contribution is -2.09. The average molecular weight is 471 g/mol. The fraction of sp³-hybridized carbons (Fsp3) is 0.154. The highest BCUT2D eigenvalue weighted by atomic mass is 35.5. The molecular formula is C26H19ClN4O3. The highest BCUT2D eigenvalue weighted by Gasteiger charge is 2.19. The Labute approximate surface area is 199 Å². The molecule has 168 valence electrons. The van der Waals surface area contributed by atoms with Gasteiger partial charge in [-0.05, 0) is 61.9 Å². The number of aromatic nitrogens is 3. The summed E-state index contributed by atoms with van der Waals surface area (Å²) in [5.41, 5.74) is 3.59. The summed E-state index contributed by atoms with van der Waals surface area (Å²) in [6.45, 7) is 3.74.